The Hall–Kier alpha value is -0.610. The van der Waals surface area contributed by atoms with E-state index in [0.717, 1.165) is 38.5 Å². The average Bonchev–Trinajstić information content (AvgIpc) is 2.65. The van der Waals surface area contributed by atoms with E-state index in [9.17, 15) is 4.79 Å². The van der Waals surface area contributed by atoms with E-state index in [1.807, 2.05) is 0 Å². The van der Waals surface area contributed by atoms with Gasteiger partial charge in [-0.2, -0.15) is 0 Å². The highest BCUT2D eigenvalue weighted by Crippen LogP contribution is 2.27. The third kappa shape index (κ3) is 21.2. The van der Waals surface area contributed by atoms with Crippen LogP contribution in [0.25, 0.3) is 0 Å². The molecule has 0 radical (unpaired) electrons. The zero-order valence-electron chi connectivity index (χ0n) is 22.6. The number of hydrogen-bond donors (Lipinski definition) is 1. The number of rotatable bonds is 20. The normalized spacial score (nSPS) is 14.5. The zero-order chi connectivity index (χ0) is 24.5. The molecule has 0 rings (SSSR count). The highest BCUT2D eigenvalue weighted by molar-refractivity contribution is 5.66. The number of carbonyl (C=O) groups is 1. The second kappa shape index (κ2) is 17.8. The van der Waals surface area contributed by atoms with Crippen LogP contribution in [0.2, 0.25) is 0 Å². The lowest BCUT2D eigenvalue weighted by Crippen LogP contribution is -2.41. The highest BCUT2D eigenvalue weighted by Gasteiger charge is 2.30. The van der Waals surface area contributed by atoms with Gasteiger partial charge in [-0.15, -0.1) is 0 Å². The van der Waals surface area contributed by atoms with Gasteiger partial charge in [-0.1, -0.05) is 84.0 Å². The van der Waals surface area contributed by atoms with Crippen LogP contribution in [0.3, 0.4) is 0 Å². The summed E-state index contributed by atoms with van der Waals surface area (Å²) in [5.41, 5.74) is -0.336. The summed E-state index contributed by atoms with van der Waals surface area (Å²) in [5.74, 6) is -0.678. The molecule has 2 atom stereocenters. The molecule has 0 saturated heterocycles. The van der Waals surface area contributed by atoms with Crippen molar-refractivity contribution in [3.05, 3.63) is 0 Å². The first-order valence-corrected chi connectivity index (χ1v) is 13.5. The lowest BCUT2D eigenvalue weighted by molar-refractivity contribution is -0.167. The van der Waals surface area contributed by atoms with Gasteiger partial charge in [-0.3, -0.25) is 4.79 Å². The van der Waals surface area contributed by atoms with Crippen molar-refractivity contribution in [2.75, 3.05) is 0 Å². The van der Waals surface area contributed by atoms with Crippen LogP contribution in [-0.2, 0) is 14.3 Å². The third-order valence-electron chi connectivity index (χ3n) is 5.65. The molecule has 0 aliphatic carbocycles. The summed E-state index contributed by atoms with van der Waals surface area (Å²) in [6.07, 6.45) is 18.3. The molecule has 4 heteroatoms. The van der Waals surface area contributed by atoms with E-state index >= 15 is 0 Å². The van der Waals surface area contributed by atoms with E-state index < -0.39 is 5.97 Å². The first-order valence-electron chi connectivity index (χ1n) is 13.5. The number of aliphatic carboxylic acids is 1. The van der Waals surface area contributed by atoms with Gasteiger partial charge in [-0.25, -0.2) is 0 Å². The third-order valence-corrected chi connectivity index (χ3v) is 5.65. The van der Waals surface area contributed by atoms with Crippen molar-refractivity contribution in [3.8, 4) is 0 Å². The number of hydrogen-bond acceptors (Lipinski definition) is 3. The van der Waals surface area contributed by atoms with E-state index in [2.05, 4.69) is 48.5 Å². The van der Waals surface area contributed by atoms with Gasteiger partial charge in [0.2, 0.25) is 0 Å². The van der Waals surface area contributed by atoms with Crippen molar-refractivity contribution < 1.29 is 19.4 Å². The minimum Gasteiger partial charge on any atom is -0.481 e. The second-order valence-electron chi connectivity index (χ2n) is 11.5. The largest absolute Gasteiger partial charge is 0.481 e. The quantitative estimate of drug-likeness (QED) is 0.186. The molecule has 0 amide bonds. The lowest BCUT2D eigenvalue weighted by atomic mass is 9.97. The second-order valence-corrected chi connectivity index (χ2v) is 11.5. The zero-order valence-corrected chi connectivity index (χ0v) is 22.6. The van der Waals surface area contributed by atoms with E-state index in [-0.39, 0.29) is 23.4 Å². The standard InChI is InChI=1S/C28H56O4/c1-8-9-10-11-15-18-21-24(31-27(2,3)4)25(32-28(5,6)7)22-19-16-13-12-14-17-20-23-26(29)30/h24-25H,8-23H2,1-7H3,(H,29,30). The van der Waals surface area contributed by atoms with Crippen molar-refractivity contribution in [2.24, 2.45) is 0 Å². The molecule has 0 spiro atoms. The van der Waals surface area contributed by atoms with E-state index in [1.165, 1.54) is 57.8 Å². The predicted octanol–water partition coefficient (Wildman–Crippen LogP) is 8.70. The molecule has 0 aliphatic heterocycles. The Morgan fingerprint density at radius 2 is 0.969 bits per heavy atom. The van der Waals surface area contributed by atoms with Crippen LogP contribution in [0.4, 0.5) is 0 Å². The minimum absolute atomic E-state index is 0.139. The monoisotopic (exact) mass is 456 g/mol. The Kier molecular flexibility index (Phi) is 17.5. The molecule has 0 aromatic rings. The summed E-state index contributed by atoms with van der Waals surface area (Å²) < 4.78 is 13.1. The van der Waals surface area contributed by atoms with E-state index in [4.69, 9.17) is 14.6 Å². The maximum Gasteiger partial charge on any atom is 0.303 e. The van der Waals surface area contributed by atoms with E-state index in [1.54, 1.807) is 0 Å². The molecule has 4 nitrogen and oxygen atoms in total. The molecule has 0 fully saturated rings. The maximum absolute atomic E-state index is 10.6. The van der Waals surface area contributed by atoms with Crippen LogP contribution < -0.4 is 0 Å². The molecule has 0 heterocycles. The topological polar surface area (TPSA) is 55.8 Å². The molecule has 32 heavy (non-hydrogen) atoms. The van der Waals surface area contributed by atoms with Crippen LogP contribution >= 0.6 is 0 Å². The molecule has 0 aromatic carbocycles. The van der Waals surface area contributed by atoms with Crippen LogP contribution in [0.15, 0.2) is 0 Å². The van der Waals surface area contributed by atoms with Gasteiger partial charge in [0.05, 0.1) is 23.4 Å². The van der Waals surface area contributed by atoms with E-state index in [0.29, 0.717) is 6.42 Å². The molecule has 0 aliphatic rings. The fraction of sp³-hybridized carbons (Fsp3) is 0.964. The highest BCUT2D eigenvalue weighted by atomic mass is 16.6. The Morgan fingerprint density at radius 3 is 1.31 bits per heavy atom. The molecule has 0 aromatic heterocycles. The Bertz CT molecular complexity index is 447. The summed E-state index contributed by atoms with van der Waals surface area (Å²) in [6, 6.07) is 0. The Balaban J connectivity index is 4.57. The van der Waals surface area contributed by atoms with Crippen LogP contribution in [0.5, 0.6) is 0 Å². The summed E-state index contributed by atoms with van der Waals surface area (Å²) >= 11 is 0. The van der Waals surface area contributed by atoms with Crippen LogP contribution in [-0.4, -0.2) is 34.5 Å². The number of carboxylic acids is 1. The first kappa shape index (κ1) is 31.4. The van der Waals surface area contributed by atoms with Gasteiger partial charge in [0.25, 0.3) is 0 Å². The molecule has 0 bridgehead atoms. The first-order chi connectivity index (χ1) is 14.9. The van der Waals surface area contributed by atoms with Crippen molar-refractivity contribution >= 4 is 5.97 Å². The number of ether oxygens (including phenoxy) is 2. The van der Waals surface area contributed by atoms with Crippen LogP contribution in [0, 0.1) is 0 Å². The Morgan fingerprint density at radius 1 is 0.625 bits per heavy atom. The Labute approximate surface area is 200 Å². The fourth-order valence-electron chi connectivity index (χ4n) is 4.18. The summed E-state index contributed by atoms with van der Waals surface area (Å²) in [5, 5.41) is 8.71. The van der Waals surface area contributed by atoms with Crippen LogP contribution in [0.1, 0.15) is 151 Å². The van der Waals surface area contributed by atoms with Crippen molar-refractivity contribution in [1.29, 1.82) is 0 Å². The van der Waals surface area contributed by atoms with Gasteiger partial charge in [0.1, 0.15) is 0 Å². The summed E-state index contributed by atoms with van der Waals surface area (Å²) in [7, 11) is 0. The fourth-order valence-corrected chi connectivity index (χ4v) is 4.18. The molecule has 2 unspecified atom stereocenters. The smallest absolute Gasteiger partial charge is 0.303 e. The molecular formula is C28H56O4. The molecule has 0 saturated carbocycles. The van der Waals surface area contributed by atoms with Crippen molar-refractivity contribution in [3.63, 3.8) is 0 Å². The summed E-state index contributed by atoms with van der Waals surface area (Å²) in [4.78, 5) is 10.6. The lowest BCUT2D eigenvalue weighted by Gasteiger charge is -2.37. The molecule has 1 N–H and O–H groups in total. The van der Waals surface area contributed by atoms with Gasteiger partial charge in [0, 0.05) is 6.42 Å². The van der Waals surface area contributed by atoms with Crippen molar-refractivity contribution in [2.45, 2.75) is 175 Å². The van der Waals surface area contributed by atoms with Crippen molar-refractivity contribution in [1.82, 2.24) is 0 Å². The van der Waals surface area contributed by atoms with Gasteiger partial charge >= 0.3 is 5.97 Å². The average molecular weight is 457 g/mol. The SMILES string of the molecule is CCCCCCCCC(OC(C)(C)C)C(CCCCCCCCCC(=O)O)OC(C)(C)C. The van der Waals surface area contributed by atoms with Gasteiger partial charge < -0.3 is 14.6 Å². The number of unbranched alkanes of at least 4 members (excludes halogenated alkanes) is 11. The summed E-state index contributed by atoms with van der Waals surface area (Å²) in [6.45, 7) is 15.2. The predicted molar refractivity (Wildman–Crippen MR) is 136 cm³/mol. The maximum atomic E-state index is 10.6. The van der Waals surface area contributed by atoms with Gasteiger partial charge in [0.15, 0.2) is 0 Å². The molecular weight excluding hydrogens is 400 g/mol. The van der Waals surface area contributed by atoms with Gasteiger partial charge in [-0.05, 0) is 60.8 Å². The minimum atomic E-state index is -0.678. The number of carboxylic acid groups (broad SMARTS) is 1. The molecule has 192 valence electrons.